The number of halogens is 1. The van der Waals surface area contributed by atoms with Gasteiger partial charge in [-0.25, -0.2) is 14.4 Å². The van der Waals surface area contributed by atoms with E-state index in [2.05, 4.69) is 15.3 Å². The first kappa shape index (κ1) is 14.0. The summed E-state index contributed by atoms with van der Waals surface area (Å²) in [5.74, 6) is 0.827. The van der Waals surface area contributed by atoms with E-state index in [0.29, 0.717) is 30.4 Å². The topological polar surface area (TPSA) is 73.1 Å². The number of ether oxygens (including phenoxy) is 1. The van der Waals surface area contributed by atoms with Crippen LogP contribution in [0, 0.1) is 5.82 Å². The molecule has 106 valence electrons. The van der Waals surface area contributed by atoms with Gasteiger partial charge in [0.1, 0.15) is 18.0 Å². The SMILES string of the molecule is CCOc1ccc(Nc2ncnc(N)c2CC)cc1F. The van der Waals surface area contributed by atoms with E-state index < -0.39 is 5.82 Å². The van der Waals surface area contributed by atoms with Crippen LogP contribution in [0.4, 0.5) is 21.7 Å². The van der Waals surface area contributed by atoms with Gasteiger partial charge >= 0.3 is 0 Å². The fourth-order valence-corrected chi connectivity index (χ4v) is 1.87. The Kier molecular flexibility index (Phi) is 4.34. The number of hydrogen-bond acceptors (Lipinski definition) is 5. The number of nitrogens with zero attached hydrogens (tertiary/aromatic N) is 2. The summed E-state index contributed by atoms with van der Waals surface area (Å²) in [6, 6.07) is 4.67. The minimum absolute atomic E-state index is 0.232. The van der Waals surface area contributed by atoms with Crippen LogP contribution >= 0.6 is 0 Å². The van der Waals surface area contributed by atoms with Crippen molar-refractivity contribution in [3.8, 4) is 5.75 Å². The van der Waals surface area contributed by atoms with E-state index in [1.807, 2.05) is 13.8 Å². The molecule has 0 amide bonds. The first-order valence-electron chi connectivity index (χ1n) is 6.44. The molecule has 0 atom stereocenters. The maximum atomic E-state index is 13.8. The van der Waals surface area contributed by atoms with Crippen LogP contribution in [0.2, 0.25) is 0 Å². The third-order valence-corrected chi connectivity index (χ3v) is 2.83. The van der Waals surface area contributed by atoms with Gasteiger partial charge in [-0.15, -0.1) is 0 Å². The minimum Gasteiger partial charge on any atom is -0.491 e. The van der Waals surface area contributed by atoms with Gasteiger partial charge < -0.3 is 15.8 Å². The van der Waals surface area contributed by atoms with Crippen molar-refractivity contribution in [1.82, 2.24) is 9.97 Å². The van der Waals surface area contributed by atoms with Crippen LogP contribution in [0.3, 0.4) is 0 Å². The van der Waals surface area contributed by atoms with E-state index >= 15 is 0 Å². The van der Waals surface area contributed by atoms with E-state index in [4.69, 9.17) is 10.5 Å². The Morgan fingerprint density at radius 3 is 2.75 bits per heavy atom. The zero-order valence-electron chi connectivity index (χ0n) is 11.5. The average molecular weight is 276 g/mol. The third kappa shape index (κ3) is 2.96. The molecule has 0 saturated heterocycles. The molecule has 0 aliphatic carbocycles. The van der Waals surface area contributed by atoms with E-state index in [-0.39, 0.29) is 5.75 Å². The molecule has 0 aliphatic rings. The van der Waals surface area contributed by atoms with Gasteiger partial charge in [0.25, 0.3) is 0 Å². The summed E-state index contributed by atoms with van der Waals surface area (Å²) >= 11 is 0. The lowest BCUT2D eigenvalue weighted by Crippen LogP contribution is -2.04. The fourth-order valence-electron chi connectivity index (χ4n) is 1.87. The predicted octanol–water partition coefficient (Wildman–Crippen LogP) is 2.90. The molecule has 0 unspecified atom stereocenters. The van der Waals surface area contributed by atoms with Crippen molar-refractivity contribution in [3.05, 3.63) is 35.9 Å². The van der Waals surface area contributed by atoms with E-state index in [9.17, 15) is 4.39 Å². The van der Waals surface area contributed by atoms with Crippen LogP contribution in [0.15, 0.2) is 24.5 Å². The maximum absolute atomic E-state index is 13.8. The lowest BCUT2D eigenvalue weighted by molar-refractivity contribution is 0.321. The highest BCUT2D eigenvalue weighted by molar-refractivity contribution is 5.64. The van der Waals surface area contributed by atoms with Crippen LogP contribution in [0.25, 0.3) is 0 Å². The van der Waals surface area contributed by atoms with Crippen molar-refractivity contribution in [2.45, 2.75) is 20.3 Å². The minimum atomic E-state index is -0.420. The zero-order chi connectivity index (χ0) is 14.5. The summed E-state index contributed by atoms with van der Waals surface area (Å²) in [5, 5.41) is 3.05. The number of rotatable bonds is 5. The van der Waals surface area contributed by atoms with Crippen molar-refractivity contribution >= 4 is 17.3 Å². The Morgan fingerprint density at radius 1 is 1.30 bits per heavy atom. The second-order valence-electron chi connectivity index (χ2n) is 4.14. The zero-order valence-corrected chi connectivity index (χ0v) is 11.5. The first-order valence-corrected chi connectivity index (χ1v) is 6.44. The number of nitrogens with two attached hydrogens (primary N) is 1. The van der Waals surface area contributed by atoms with Gasteiger partial charge in [-0.2, -0.15) is 0 Å². The highest BCUT2D eigenvalue weighted by Gasteiger charge is 2.09. The van der Waals surface area contributed by atoms with Crippen molar-refractivity contribution < 1.29 is 9.13 Å². The van der Waals surface area contributed by atoms with Gasteiger partial charge in [0, 0.05) is 17.3 Å². The molecule has 0 saturated carbocycles. The maximum Gasteiger partial charge on any atom is 0.167 e. The van der Waals surface area contributed by atoms with Crippen LogP contribution in [0.5, 0.6) is 5.75 Å². The van der Waals surface area contributed by atoms with Gasteiger partial charge in [-0.3, -0.25) is 0 Å². The number of aromatic nitrogens is 2. The van der Waals surface area contributed by atoms with Crippen molar-refractivity contribution in [3.63, 3.8) is 0 Å². The average Bonchev–Trinajstić information content (AvgIpc) is 2.42. The van der Waals surface area contributed by atoms with Gasteiger partial charge in [-0.05, 0) is 25.5 Å². The quantitative estimate of drug-likeness (QED) is 0.878. The van der Waals surface area contributed by atoms with Crippen molar-refractivity contribution in [1.29, 1.82) is 0 Å². The molecule has 2 rings (SSSR count). The Balaban J connectivity index is 2.26. The Morgan fingerprint density at radius 2 is 2.10 bits per heavy atom. The number of nitrogens with one attached hydrogen (secondary N) is 1. The lowest BCUT2D eigenvalue weighted by atomic mass is 10.2. The molecule has 0 bridgehead atoms. The highest BCUT2D eigenvalue weighted by atomic mass is 19.1. The van der Waals surface area contributed by atoms with Gasteiger partial charge in [0.15, 0.2) is 11.6 Å². The van der Waals surface area contributed by atoms with Crippen molar-refractivity contribution in [2.24, 2.45) is 0 Å². The number of nitrogen functional groups attached to an aromatic ring is 1. The number of benzene rings is 1. The van der Waals surface area contributed by atoms with Crippen LogP contribution < -0.4 is 15.8 Å². The van der Waals surface area contributed by atoms with Gasteiger partial charge in [-0.1, -0.05) is 6.92 Å². The molecule has 2 aromatic rings. The lowest BCUT2D eigenvalue weighted by Gasteiger charge is -2.12. The Hall–Kier alpha value is -2.37. The molecule has 0 aliphatic heterocycles. The summed E-state index contributed by atoms with van der Waals surface area (Å²) < 4.78 is 18.9. The normalized spacial score (nSPS) is 10.3. The summed E-state index contributed by atoms with van der Waals surface area (Å²) in [4.78, 5) is 8.08. The molecule has 3 N–H and O–H groups in total. The second-order valence-corrected chi connectivity index (χ2v) is 4.14. The smallest absolute Gasteiger partial charge is 0.167 e. The summed E-state index contributed by atoms with van der Waals surface area (Å²) in [6.45, 7) is 4.19. The van der Waals surface area contributed by atoms with E-state index in [0.717, 1.165) is 5.56 Å². The van der Waals surface area contributed by atoms with Crippen LogP contribution in [-0.2, 0) is 6.42 Å². The highest BCUT2D eigenvalue weighted by Crippen LogP contribution is 2.25. The first-order chi connectivity index (χ1) is 9.65. The summed E-state index contributed by atoms with van der Waals surface area (Å²) in [7, 11) is 0. The number of hydrogen-bond donors (Lipinski definition) is 2. The monoisotopic (exact) mass is 276 g/mol. The molecular formula is C14H17FN4O. The van der Waals surface area contributed by atoms with Gasteiger partial charge in [0.2, 0.25) is 0 Å². The Bertz CT molecular complexity index is 604. The Labute approximate surface area is 117 Å². The van der Waals surface area contributed by atoms with Crippen molar-refractivity contribution in [2.75, 3.05) is 17.7 Å². The van der Waals surface area contributed by atoms with E-state index in [1.54, 1.807) is 12.1 Å². The van der Waals surface area contributed by atoms with Gasteiger partial charge in [0.05, 0.1) is 6.61 Å². The molecular weight excluding hydrogens is 259 g/mol. The predicted molar refractivity (Wildman–Crippen MR) is 76.7 cm³/mol. The second kappa shape index (κ2) is 6.18. The molecule has 0 spiro atoms. The molecule has 1 aromatic heterocycles. The molecule has 0 fully saturated rings. The van der Waals surface area contributed by atoms with Crippen LogP contribution in [0.1, 0.15) is 19.4 Å². The third-order valence-electron chi connectivity index (χ3n) is 2.83. The fraction of sp³-hybridized carbons (Fsp3) is 0.286. The molecule has 1 heterocycles. The molecule has 1 aromatic carbocycles. The molecule has 5 nitrogen and oxygen atoms in total. The molecule has 6 heteroatoms. The largest absolute Gasteiger partial charge is 0.491 e. The number of anilines is 3. The van der Waals surface area contributed by atoms with Crippen LogP contribution in [-0.4, -0.2) is 16.6 Å². The molecule has 20 heavy (non-hydrogen) atoms. The van der Waals surface area contributed by atoms with E-state index in [1.165, 1.54) is 12.4 Å². The summed E-state index contributed by atoms with van der Waals surface area (Å²) in [6.07, 6.45) is 2.07. The molecule has 0 radical (unpaired) electrons. The standard InChI is InChI=1S/C14H17FN4O/c1-3-10-13(16)17-8-18-14(10)19-9-5-6-12(20-4-2)11(15)7-9/h5-8H,3-4H2,1-2H3,(H3,16,17,18,19). The summed E-state index contributed by atoms with van der Waals surface area (Å²) in [5.41, 5.74) is 7.18.